The molecule has 2 atom stereocenters. The second-order valence-electron chi connectivity index (χ2n) is 10.8. The molecule has 2 aliphatic heterocycles. The Balaban J connectivity index is 1.77. The highest BCUT2D eigenvalue weighted by atomic mass is 32.1. The van der Waals surface area contributed by atoms with Crippen molar-refractivity contribution in [3.8, 4) is 10.4 Å². The molecule has 2 bridgehead atoms. The van der Waals surface area contributed by atoms with Crippen LogP contribution < -0.4 is 10.6 Å². The molecule has 0 saturated carbocycles. The van der Waals surface area contributed by atoms with Crippen LogP contribution in [0.4, 0.5) is 27.8 Å². The molecule has 0 aromatic carbocycles. The molecule has 8 nitrogen and oxygen atoms in total. The van der Waals surface area contributed by atoms with Crippen LogP contribution >= 0.6 is 11.3 Å². The lowest BCUT2D eigenvalue weighted by Crippen LogP contribution is -2.47. The van der Waals surface area contributed by atoms with Gasteiger partial charge in [0.2, 0.25) is 0 Å². The van der Waals surface area contributed by atoms with Crippen molar-refractivity contribution in [2.45, 2.75) is 102 Å². The van der Waals surface area contributed by atoms with E-state index < -0.39 is 53.5 Å². The maximum Gasteiger partial charge on any atom is 0.408 e. The van der Waals surface area contributed by atoms with E-state index in [-0.39, 0.29) is 39.6 Å². The third-order valence-electron chi connectivity index (χ3n) is 7.66. The van der Waals surface area contributed by atoms with Crippen LogP contribution in [0.1, 0.15) is 92.1 Å². The molecular formula is C26H32F5N5O3S. The largest absolute Gasteiger partial charge is 0.408 e. The van der Waals surface area contributed by atoms with E-state index in [1.54, 1.807) is 11.8 Å². The second kappa shape index (κ2) is 11.2. The van der Waals surface area contributed by atoms with E-state index in [1.807, 2.05) is 0 Å². The van der Waals surface area contributed by atoms with Crippen molar-refractivity contribution in [1.29, 1.82) is 0 Å². The van der Waals surface area contributed by atoms with Gasteiger partial charge in [0.15, 0.2) is 5.01 Å². The van der Waals surface area contributed by atoms with Crippen molar-refractivity contribution < 1.29 is 36.6 Å². The number of nitrogens with zero attached hydrogens (tertiary/aromatic N) is 3. The Morgan fingerprint density at radius 1 is 1.18 bits per heavy atom. The SMILES string of the molecule is CC[C@H](Nc1cc(C(F)F)c(-c2sc(C(=O)N[C@@H](C)C(C)(C)O)nc2C(=O)N2[C@H]3CC[C@H]2CC3)cn1)C(F)(F)F. The number of carbonyl (C=O) groups excluding carboxylic acids is 2. The van der Waals surface area contributed by atoms with Crippen molar-refractivity contribution in [3.05, 3.63) is 28.5 Å². The summed E-state index contributed by atoms with van der Waals surface area (Å²) in [7, 11) is 0. The molecule has 0 aliphatic carbocycles. The van der Waals surface area contributed by atoms with Gasteiger partial charge in [-0.2, -0.15) is 13.2 Å². The summed E-state index contributed by atoms with van der Waals surface area (Å²) in [6.07, 6.45) is -3.84. The van der Waals surface area contributed by atoms with E-state index in [4.69, 9.17) is 0 Å². The molecule has 220 valence electrons. The second-order valence-corrected chi connectivity index (χ2v) is 11.8. The van der Waals surface area contributed by atoms with Gasteiger partial charge in [-0.15, -0.1) is 11.3 Å². The molecule has 0 spiro atoms. The van der Waals surface area contributed by atoms with Crippen LogP contribution in [-0.4, -0.2) is 67.7 Å². The summed E-state index contributed by atoms with van der Waals surface area (Å²) in [5.74, 6) is -1.59. The fourth-order valence-corrected chi connectivity index (χ4v) is 6.05. The fraction of sp³-hybridized carbons (Fsp3) is 0.615. The summed E-state index contributed by atoms with van der Waals surface area (Å²) in [6.45, 7) is 5.89. The molecule has 2 amide bonds. The van der Waals surface area contributed by atoms with Crippen molar-refractivity contribution in [3.63, 3.8) is 0 Å². The molecule has 2 aliphatic rings. The van der Waals surface area contributed by atoms with Crippen LogP contribution in [0.5, 0.6) is 0 Å². The predicted molar refractivity (Wildman–Crippen MR) is 139 cm³/mol. The number of carbonyl (C=O) groups is 2. The topological polar surface area (TPSA) is 107 Å². The maximum atomic E-state index is 14.3. The number of anilines is 1. The molecule has 0 unspecified atom stereocenters. The Kier molecular flexibility index (Phi) is 8.42. The Bertz CT molecular complexity index is 1240. The van der Waals surface area contributed by atoms with Gasteiger partial charge in [-0.1, -0.05) is 6.92 Å². The number of fused-ring (bicyclic) bond motifs is 2. The van der Waals surface area contributed by atoms with Gasteiger partial charge in [0, 0.05) is 29.4 Å². The quantitative estimate of drug-likeness (QED) is 0.331. The van der Waals surface area contributed by atoms with Crippen molar-refractivity contribution in [1.82, 2.24) is 20.2 Å². The number of thiazole rings is 1. The minimum absolute atomic E-state index is 0.00727. The first-order valence-electron chi connectivity index (χ1n) is 13.1. The normalized spacial score (nSPS) is 20.6. The molecule has 40 heavy (non-hydrogen) atoms. The molecule has 4 rings (SSSR count). The van der Waals surface area contributed by atoms with E-state index in [0.29, 0.717) is 0 Å². The van der Waals surface area contributed by atoms with Crippen molar-refractivity contribution in [2.24, 2.45) is 0 Å². The Labute approximate surface area is 232 Å². The van der Waals surface area contributed by atoms with Gasteiger partial charge in [-0.3, -0.25) is 9.59 Å². The van der Waals surface area contributed by atoms with Crippen molar-refractivity contribution >= 4 is 29.0 Å². The summed E-state index contributed by atoms with van der Waals surface area (Å²) >= 11 is 0.717. The lowest BCUT2D eigenvalue weighted by atomic mass is 10.0. The lowest BCUT2D eigenvalue weighted by Gasteiger charge is -2.26. The van der Waals surface area contributed by atoms with E-state index in [2.05, 4.69) is 20.6 Å². The van der Waals surface area contributed by atoms with Crippen LogP contribution in [-0.2, 0) is 0 Å². The first kappa shape index (κ1) is 30.1. The molecule has 0 radical (unpaired) electrons. The number of rotatable bonds is 9. The first-order chi connectivity index (χ1) is 18.6. The van der Waals surface area contributed by atoms with E-state index in [9.17, 15) is 36.6 Å². The number of nitrogens with one attached hydrogen (secondary N) is 2. The molecule has 2 fully saturated rings. The highest BCUT2D eigenvalue weighted by Gasteiger charge is 2.44. The van der Waals surface area contributed by atoms with Gasteiger partial charge in [-0.25, -0.2) is 18.7 Å². The van der Waals surface area contributed by atoms with Crippen LogP contribution in [0.25, 0.3) is 10.4 Å². The van der Waals surface area contributed by atoms with Crippen LogP contribution in [0.15, 0.2) is 12.3 Å². The van der Waals surface area contributed by atoms with Crippen LogP contribution in [0.3, 0.4) is 0 Å². The highest BCUT2D eigenvalue weighted by Crippen LogP contribution is 2.42. The Morgan fingerprint density at radius 3 is 2.27 bits per heavy atom. The number of pyridine rings is 1. The zero-order chi connectivity index (χ0) is 29.6. The summed E-state index contributed by atoms with van der Waals surface area (Å²) in [6, 6.07) is -1.88. The lowest BCUT2D eigenvalue weighted by molar-refractivity contribution is -0.142. The average molecular weight is 590 g/mol. The monoisotopic (exact) mass is 589 g/mol. The molecule has 2 aromatic heterocycles. The van der Waals surface area contributed by atoms with Gasteiger partial charge in [-0.05, 0) is 58.9 Å². The van der Waals surface area contributed by atoms with Gasteiger partial charge in [0.05, 0.1) is 16.5 Å². The summed E-state index contributed by atoms with van der Waals surface area (Å²) in [5, 5.41) is 14.8. The molecule has 2 saturated heterocycles. The van der Waals surface area contributed by atoms with Crippen LogP contribution in [0, 0.1) is 0 Å². The third kappa shape index (κ3) is 6.07. The first-order valence-corrected chi connectivity index (χ1v) is 13.9. The number of aliphatic hydroxyl groups is 1. The summed E-state index contributed by atoms with van der Waals surface area (Å²) < 4.78 is 68.4. The van der Waals surface area contributed by atoms with Gasteiger partial charge >= 0.3 is 6.18 Å². The Hall–Kier alpha value is -2.87. The smallest absolute Gasteiger partial charge is 0.388 e. The molecule has 4 heterocycles. The minimum Gasteiger partial charge on any atom is -0.388 e. The van der Waals surface area contributed by atoms with Gasteiger partial charge in [0.1, 0.15) is 17.6 Å². The average Bonchev–Trinajstić information content (AvgIpc) is 3.60. The number of hydrogen-bond donors (Lipinski definition) is 3. The third-order valence-corrected chi connectivity index (χ3v) is 8.75. The molecular weight excluding hydrogens is 557 g/mol. The Morgan fingerprint density at radius 2 is 1.77 bits per heavy atom. The van der Waals surface area contributed by atoms with Crippen molar-refractivity contribution in [2.75, 3.05) is 5.32 Å². The van der Waals surface area contributed by atoms with Gasteiger partial charge < -0.3 is 20.6 Å². The summed E-state index contributed by atoms with van der Waals surface area (Å²) in [4.78, 5) is 36.6. The van der Waals surface area contributed by atoms with Crippen LogP contribution in [0.2, 0.25) is 0 Å². The number of halogens is 5. The number of alkyl halides is 5. The van der Waals surface area contributed by atoms with E-state index in [1.165, 1.54) is 20.8 Å². The van der Waals surface area contributed by atoms with E-state index in [0.717, 1.165) is 49.3 Å². The minimum atomic E-state index is -4.62. The number of aromatic nitrogens is 2. The molecule has 14 heteroatoms. The maximum absolute atomic E-state index is 14.3. The predicted octanol–water partition coefficient (Wildman–Crippen LogP) is 5.55. The van der Waals surface area contributed by atoms with E-state index >= 15 is 0 Å². The summed E-state index contributed by atoms with van der Waals surface area (Å²) in [5.41, 5.74) is -2.29. The highest BCUT2D eigenvalue weighted by molar-refractivity contribution is 7.17. The number of amides is 2. The molecule has 2 aromatic rings. The fourth-order valence-electron chi connectivity index (χ4n) is 5.06. The zero-order valence-electron chi connectivity index (χ0n) is 22.5. The molecule has 3 N–H and O–H groups in total. The van der Waals surface area contributed by atoms with Gasteiger partial charge in [0.25, 0.3) is 18.2 Å². The standard InChI is InChI=1S/C26H32F5N5O3S/c1-5-17(26(29,30)31)34-18-10-15(21(27)28)16(11-32-18)20-19(24(38)36-13-6-7-14(36)9-8-13)35-23(40-20)22(37)33-12(2)25(3,4)39/h10-14,17,21,39H,5-9H2,1-4H3,(H,32,34)(H,33,37)/t12-,13-,14-,17-/m0/s1. The number of hydrogen-bond acceptors (Lipinski definition) is 7. The zero-order valence-corrected chi connectivity index (χ0v) is 23.3.